The number of hydrogen-bond acceptors (Lipinski definition) is 5. The average molecular weight is 407 g/mol. The van der Waals surface area contributed by atoms with Crippen molar-refractivity contribution < 1.29 is 13.2 Å². The van der Waals surface area contributed by atoms with E-state index in [0.29, 0.717) is 11.3 Å². The molecule has 3 rings (SSSR count). The first-order valence-corrected chi connectivity index (χ1v) is 11.2. The predicted octanol–water partition coefficient (Wildman–Crippen LogP) is 3.97. The van der Waals surface area contributed by atoms with Crippen LogP contribution in [0.1, 0.15) is 22.8 Å². The number of thiophene rings is 2. The summed E-state index contributed by atoms with van der Waals surface area (Å²) < 4.78 is 27.2. The number of carbonyl (C=O) groups is 1. The van der Waals surface area contributed by atoms with Gasteiger partial charge in [-0.2, -0.15) is 11.3 Å². The van der Waals surface area contributed by atoms with Crippen molar-refractivity contribution >= 4 is 44.3 Å². The van der Waals surface area contributed by atoms with Gasteiger partial charge in [-0.15, -0.1) is 11.3 Å². The van der Waals surface area contributed by atoms with E-state index in [9.17, 15) is 13.2 Å². The topological polar surface area (TPSA) is 75.3 Å². The molecular formula is C18H18N2O3S3. The summed E-state index contributed by atoms with van der Waals surface area (Å²) in [6.45, 7) is 1.96. The van der Waals surface area contributed by atoms with Gasteiger partial charge in [0, 0.05) is 17.3 Å². The van der Waals surface area contributed by atoms with Crippen molar-refractivity contribution in [2.24, 2.45) is 0 Å². The maximum Gasteiger partial charge on any atom is 0.271 e. The first-order valence-electron chi connectivity index (χ1n) is 7.92. The average Bonchev–Trinajstić information content (AvgIpc) is 3.29. The van der Waals surface area contributed by atoms with Gasteiger partial charge in [0.1, 0.15) is 4.21 Å². The van der Waals surface area contributed by atoms with E-state index >= 15 is 0 Å². The quantitative estimate of drug-likeness (QED) is 0.623. The standard InChI is InChI=1S/C18H18N2O3S3/c1-13(11-14-8-10-24-12-14)19-18(21)15-4-6-16(7-5-15)20-26(22,23)17-3-2-9-25-17/h2-10,12-13,20H,11H2,1H3,(H,19,21). The molecule has 136 valence electrons. The Kier molecular flexibility index (Phi) is 5.75. The van der Waals surface area contributed by atoms with Gasteiger partial charge in [-0.25, -0.2) is 8.42 Å². The van der Waals surface area contributed by atoms with Crippen LogP contribution in [0.15, 0.2) is 62.8 Å². The molecule has 26 heavy (non-hydrogen) atoms. The Morgan fingerprint density at radius 2 is 1.88 bits per heavy atom. The van der Waals surface area contributed by atoms with E-state index in [1.54, 1.807) is 53.1 Å². The summed E-state index contributed by atoms with van der Waals surface area (Å²) >= 11 is 2.79. The molecule has 5 nitrogen and oxygen atoms in total. The molecule has 1 amide bonds. The molecule has 0 aliphatic heterocycles. The summed E-state index contributed by atoms with van der Waals surface area (Å²) in [7, 11) is -3.58. The molecule has 0 fully saturated rings. The lowest BCUT2D eigenvalue weighted by atomic mass is 10.1. The van der Waals surface area contributed by atoms with Gasteiger partial charge in [-0.05, 0) is 71.4 Å². The van der Waals surface area contributed by atoms with Crippen molar-refractivity contribution in [3.05, 3.63) is 69.7 Å². The molecule has 8 heteroatoms. The molecule has 1 atom stereocenters. The van der Waals surface area contributed by atoms with Gasteiger partial charge >= 0.3 is 0 Å². The van der Waals surface area contributed by atoms with E-state index in [1.807, 2.05) is 18.4 Å². The lowest BCUT2D eigenvalue weighted by Crippen LogP contribution is -2.33. The lowest BCUT2D eigenvalue weighted by Gasteiger charge is -2.13. The van der Waals surface area contributed by atoms with Gasteiger partial charge in [-0.3, -0.25) is 9.52 Å². The summed E-state index contributed by atoms with van der Waals surface area (Å²) in [6, 6.07) is 11.7. The fourth-order valence-corrected chi connectivity index (χ4v) is 5.16. The van der Waals surface area contributed by atoms with Crippen molar-refractivity contribution in [1.82, 2.24) is 5.32 Å². The molecule has 0 aliphatic carbocycles. The van der Waals surface area contributed by atoms with Crippen LogP contribution in [0.25, 0.3) is 0 Å². The fraction of sp³-hybridized carbons (Fsp3) is 0.167. The normalized spacial score (nSPS) is 12.5. The fourth-order valence-electron chi connectivity index (χ4n) is 2.43. The zero-order valence-corrected chi connectivity index (χ0v) is 16.5. The Bertz CT molecular complexity index is 948. The minimum atomic E-state index is -3.58. The third kappa shape index (κ3) is 4.72. The summed E-state index contributed by atoms with van der Waals surface area (Å²) in [5.74, 6) is -0.180. The van der Waals surface area contributed by atoms with Gasteiger partial charge in [0.25, 0.3) is 15.9 Å². The van der Waals surface area contributed by atoms with Crippen molar-refractivity contribution in [2.45, 2.75) is 23.6 Å². The Hall–Kier alpha value is -2.16. The smallest absolute Gasteiger partial charge is 0.271 e. The zero-order chi connectivity index (χ0) is 18.6. The molecular weight excluding hydrogens is 388 g/mol. The van der Waals surface area contributed by atoms with Crippen LogP contribution in [0.5, 0.6) is 0 Å². The Morgan fingerprint density at radius 3 is 2.50 bits per heavy atom. The highest BCUT2D eigenvalue weighted by Crippen LogP contribution is 2.20. The highest BCUT2D eigenvalue weighted by molar-refractivity contribution is 7.94. The van der Waals surface area contributed by atoms with E-state index in [2.05, 4.69) is 15.4 Å². The largest absolute Gasteiger partial charge is 0.349 e. The molecule has 2 N–H and O–H groups in total. The van der Waals surface area contributed by atoms with Crippen LogP contribution in [0, 0.1) is 0 Å². The second-order valence-electron chi connectivity index (χ2n) is 5.83. The number of anilines is 1. The maximum atomic E-state index is 12.3. The number of amides is 1. The van der Waals surface area contributed by atoms with Gasteiger partial charge in [0.2, 0.25) is 0 Å². The van der Waals surface area contributed by atoms with Crippen LogP contribution < -0.4 is 10.0 Å². The van der Waals surface area contributed by atoms with E-state index in [1.165, 1.54) is 5.56 Å². The minimum Gasteiger partial charge on any atom is -0.349 e. The van der Waals surface area contributed by atoms with Crippen molar-refractivity contribution in [1.29, 1.82) is 0 Å². The van der Waals surface area contributed by atoms with Crippen LogP contribution in [0.4, 0.5) is 5.69 Å². The number of carbonyl (C=O) groups excluding carboxylic acids is 1. The lowest BCUT2D eigenvalue weighted by molar-refractivity contribution is 0.0940. The zero-order valence-electron chi connectivity index (χ0n) is 14.0. The van der Waals surface area contributed by atoms with E-state index < -0.39 is 10.0 Å². The second kappa shape index (κ2) is 8.03. The molecule has 2 aromatic heterocycles. The van der Waals surface area contributed by atoms with Gasteiger partial charge < -0.3 is 5.32 Å². The molecule has 2 heterocycles. The molecule has 0 spiro atoms. The van der Waals surface area contributed by atoms with Crippen LogP contribution in [-0.2, 0) is 16.4 Å². The third-order valence-corrected chi connectivity index (χ3v) is 7.17. The van der Waals surface area contributed by atoms with E-state index in [-0.39, 0.29) is 16.2 Å². The third-order valence-electron chi connectivity index (χ3n) is 3.66. The second-order valence-corrected chi connectivity index (χ2v) is 9.46. The summed E-state index contributed by atoms with van der Waals surface area (Å²) in [4.78, 5) is 12.3. The van der Waals surface area contributed by atoms with Gasteiger partial charge in [0.15, 0.2) is 0 Å². The van der Waals surface area contributed by atoms with Gasteiger partial charge in [-0.1, -0.05) is 6.07 Å². The number of hydrogen-bond donors (Lipinski definition) is 2. The number of sulfonamides is 1. The van der Waals surface area contributed by atoms with Crippen molar-refractivity contribution in [3.63, 3.8) is 0 Å². The predicted molar refractivity (Wildman–Crippen MR) is 107 cm³/mol. The summed E-state index contributed by atoms with van der Waals surface area (Å²) in [5, 5.41) is 8.74. The minimum absolute atomic E-state index is 0.00843. The molecule has 0 saturated heterocycles. The van der Waals surface area contributed by atoms with Crippen LogP contribution in [0.3, 0.4) is 0 Å². The van der Waals surface area contributed by atoms with Crippen LogP contribution in [-0.4, -0.2) is 20.4 Å². The highest BCUT2D eigenvalue weighted by Gasteiger charge is 2.16. The molecule has 0 bridgehead atoms. The SMILES string of the molecule is CC(Cc1ccsc1)NC(=O)c1ccc(NS(=O)(=O)c2cccs2)cc1. The van der Waals surface area contributed by atoms with E-state index in [4.69, 9.17) is 0 Å². The maximum absolute atomic E-state index is 12.3. The summed E-state index contributed by atoms with van der Waals surface area (Å²) in [6.07, 6.45) is 0.772. The first kappa shape index (κ1) is 18.6. The Morgan fingerprint density at radius 1 is 1.12 bits per heavy atom. The van der Waals surface area contributed by atoms with Crippen molar-refractivity contribution in [2.75, 3.05) is 4.72 Å². The summed E-state index contributed by atoms with van der Waals surface area (Å²) in [5.41, 5.74) is 2.10. The Balaban J connectivity index is 1.61. The highest BCUT2D eigenvalue weighted by atomic mass is 32.2. The monoisotopic (exact) mass is 406 g/mol. The van der Waals surface area contributed by atoms with Crippen LogP contribution in [0.2, 0.25) is 0 Å². The van der Waals surface area contributed by atoms with E-state index in [0.717, 1.165) is 17.8 Å². The Labute approximate surface area is 160 Å². The number of rotatable bonds is 7. The molecule has 1 aromatic carbocycles. The van der Waals surface area contributed by atoms with Crippen LogP contribution >= 0.6 is 22.7 Å². The first-order chi connectivity index (χ1) is 12.4. The molecule has 0 saturated carbocycles. The van der Waals surface area contributed by atoms with Gasteiger partial charge in [0.05, 0.1) is 0 Å². The van der Waals surface area contributed by atoms with Crippen molar-refractivity contribution in [3.8, 4) is 0 Å². The number of benzene rings is 1. The molecule has 0 aliphatic rings. The molecule has 3 aromatic rings. The number of nitrogens with one attached hydrogen (secondary N) is 2. The molecule has 0 radical (unpaired) electrons. The molecule has 1 unspecified atom stereocenters.